The Morgan fingerprint density at radius 2 is 1.85 bits per heavy atom. The molecule has 1 fully saturated rings. The van der Waals surface area contributed by atoms with Crippen LogP contribution in [0.15, 0.2) is 24.3 Å². The summed E-state index contributed by atoms with van der Waals surface area (Å²) in [4.78, 5) is 0. The Bertz CT molecular complexity index is 989. The molecule has 1 heterocycles. The molecule has 0 aromatic heterocycles. The minimum Gasteiger partial charge on any atom is -0.304 e. The highest BCUT2D eigenvalue weighted by Gasteiger charge is 2.35. The molecule has 3 atom stereocenters. The van der Waals surface area contributed by atoms with E-state index in [4.69, 9.17) is 0 Å². The van der Waals surface area contributed by atoms with Crippen LogP contribution in [0.25, 0.3) is 16.8 Å². The predicted octanol–water partition coefficient (Wildman–Crippen LogP) is 4.78. The lowest BCUT2D eigenvalue weighted by Crippen LogP contribution is -2.47. The molecule has 4 nitrogen and oxygen atoms in total. The molecule has 5 heteroatoms. The van der Waals surface area contributed by atoms with Crippen molar-refractivity contribution in [3.8, 4) is 0 Å². The summed E-state index contributed by atoms with van der Waals surface area (Å²) in [5, 5.41) is 9.87. The molecule has 3 unspecified atom stereocenters. The van der Waals surface area contributed by atoms with Gasteiger partial charge >= 0.3 is 0 Å². The van der Waals surface area contributed by atoms with Crippen LogP contribution in [0.3, 0.4) is 0 Å². The zero-order valence-corrected chi connectivity index (χ0v) is 20.0. The zero-order chi connectivity index (χ0) is 22.6. The SMILES string of the molecule is CCC1CCc2c(ccc3c4c(c(F)cc23)C=CCC4)C1C1CCNNCCCCNCN1. The van der Waals surface area contributed by atoms with Gasteiger partial charge in [-0.05, 0) is 90.9 Å². The molecule has 0 spiro atoms. The fraction of sp³-hybridized carbons (Fsp3) is 0.571. The number of benzene rings is 2. The van der Waals surface area contributed by atoms with Crippen molar-refractivity contribution in [3.63, 3.8) is 0 Å². The van der Waals surface area contributed by atoms with Gasteiger partial charge in [0.2, 0.25) is 0 Å². The molecule has 0 saturated carbocycles. The number of halogens is 1. The second-order valence-electron chi connectivity index (χ2n) is 9.99. The van der Waals surface area contributed by atoms with Crippen LogP contribution in [-0.4, -0.2) is 32.3 Å². The first kappa shape index (κ1) is 23.0. The van der Waals surface area contributed by atoms with E-state index < -0.39 is 0 Å². The molecule has 2 aromatic carbocycles. The third-order valence-electron chi connectivity index (χ3n) is 8.11. The monoisotopic (exact) mass is 450 g/mol. The minimum absolute atomic E-state index is 0.0559. The minimum atomic E-state index is -0.0559. The summed E-state index contributed by atoms with van der Waals surface area (Å²) in [5.74, 6) is 1.05. The number of allylic oxidation sites excluding steroid dienone is 1. The standard InChI is InChI=1S/C28H39FN4/c1-2-19-9-10-22-24(28(19)27-13-16-33-32-15-6-5-14-30-18-31-27)12-11-21-20-7-3-4-8-23(20)26(29)17-25(21)22/h4,8,11-12,17,19,27-28,30-33H,2-3,5-7,9-10,13-16,18H2,1H3. The molecule has 1 saturated heterocycles. The van der Waals surface area contributed by atoms with Crippen LogP contribution in [0.5, 0.6) is 0 Å². The van der Waals surface area contributed by atoms with E-state index in [-0.39, 0.29) is 5.82 Å². The van der Waals surface area contributed by atoms with E-state index in [1.807, 2.05) is 12.1 Å². The average molecular weight is 451 g/mol. The van der Waals surface area contributed by atoms with Crippen molar-refractivity contribution in [2.24, 2.45) is 5.92 Å². The van der Waals surface area contributed by atoms with Crippen molar-refractivity contribution in [2.75, 3.05) is 26.3 Å². The normalized spacial score (nSPS) is 26.8. The van der Waals surface area contributed by atoms with Crippen LogP contribution in [0.1, 0.15) is 73.6 Å². The third kappa shape index (κ3) is 4.74. The molecule has 2 aromatic rings. The van der Waals surface area contributed by atoms with E-state index >= 15 is 4.39 Å². The molecule has 2 aliphatic carbocycles. The van der Waals surface area contributed by atoms with Gasteiger partial charge in [-0.1, -0.05) is 37.6 Å². The first-order chi connectivity index (χ1) is 16.3. The predicted molar refractivity (Wildman–Crippen MR) is 136 cm³/mol. The topological polar surface area (TPSA) is 48.1 Å². The number of fused-ring (bicyclic) bond motifs is 5. The Morgan fingerprint density at radius 3 is 2.76 bits per heavy atom. The van der Waals surface area contributed by atoms with Gasteiger partial charge in [0, 0.05) is 37.3 Å². The lowest BCUT2D eigenvalue weighted by molar-refractivity contribution is 0.267. The average Bonchev–Trinajstić information content (AvgIpc) is 2.84. The van der Waals surface area contributed by atoms with Gasteiger partial charge in [0.15, 0.2) is 0 Å². The van der Waals surface area contributed by atoms with Gasteiger partial charge in [0.25, 0.3) is 0 Å². The number of hydrogen-bond donors (Lipinski definition) is 4. The van der Waals surface area contributed by atoms with Gasteiger partial charge in [-0.2, -0.15) is 0 Å². The second kappa shape index (κ2) is 10.6. The summed E-state index contributed by atoms with van der Waals surface area (Å²) in [6, 6.07) is 6.90. The van der Waals surface area contributed by atoms with E-state index in [1.165, 1.54) is 47.8 Å². The Hall–Kier alpha value is -1.79. The van der Waals surface area contributed by atoms with Crippen molar-refractivity contribution in [2.45, 2.75) is 70.3 Å². The van der Waals surface area contributed by atoms with Crippen molar-refractivity contribution in [3.05, 3.63) is 52.3 Å². The molecule has 4 N–H and O–H groups in total. The molecule has 178 valence electrons. The highest BCUT2D eigenvalue weighted by molar-refractivity contribution is 5.93. The van der Waals surface area contributed by atoms with Gasteiger partial charge in [-0.3, -0.25) is 10.9 Å². The number of hydrazine groups is 1. The molecule has 1 aliphatic heterocycles. The highest BCUT2D eigenvalue weighted by Crippen LogP contribution is 2.44. The molecule has 3 aliphatic rings. The summed E-state index contributed by atoms with van der Waals surface area (Å²) in [7, 11) is 0. The highest BCUT2D eigenvalue weighted by atomic mass is 19.1. The molecular formula is C28H39FN4. The van der Waals surface area contributed by atoms with E-state index in [1.54, 1.807) is 0 Å². The summed E-state index contributed by atoms with van der Waals surface area (Å²) in [6.07, 6.45) is 12.9. The Balaban J connectivity index is 1.53. The van der Waals surface area contributed by atoms with Gasteiger partial charge in [-0.25, -0.2) is 4.39 Å². The maximum Gasteiger partial charge on any atom is 0.131 e. The van der Waals surface area contributed by atoms with E-state index in [2.05, 4.69) is 46.6 Å². The Morgan fingerprint density at radius 1 is 0.970 bits per heavy atom. The van der Waals surface area contributed by atoms with E-state index in [0.717, 1.165) is 62.9 Å². The fourth-order valence-corrected chi connectivity index (χ4v) is 6.41. The lowest BCUT2D eigenvalue weighted by Gasteiger charge is -2.40. The molecule has 0 bridgehead atoms. The molecule has 0 radical (unpaired) electrons. The summed E-state index contributed by atoms with van der Waals surface area (Å²) >= 11 is 0. The van der Waals surface area contributed by atoms with Crippen molar-refractivity contribution >= 4 is 16.8 Å². The largest absolute Gasteiger partial charge is 0.304 e. The second-order valence-corrected chi connectivity index (χ2v) is 9.99. The molecule has 5 rings (SSSR count). The first-order valence-corrected chi connectivity index (χ1v) is 13.1. The van der Waals surface area contributed by atoms with Crippen LogP contribution < -0.4 is 21.5 Å². The molecular weight excluding hydrogens is 411 g/mol. The van der Waals surface area contributed by atoms with E-state index in [9.17, 15) is 0 Å². The Kier molecular flexibility index (Phi) is 7.41. The molecule has 33 heavy (non-hydrogen) atoms. The summed E-state index contributed by atoms with van der Waals surface area (Å²) in [5.41, 5.74) is 11.7. The van der Waals surface area contributed by atoms with Crippen LogP contribution in [-0.2, 0) is 12.8 Å². The van der Waals surface area contributed by atoms with Crippen LogP contribution in [0.2, 0.25) is 0 Å². The van der Waals surface area contributed by atoms with Crippen molar-refractivity contribution < 1.29 is 4.39 Å². The third-order valence-corrected chi connectivity index (χ3v) is 8.11. The van der Waals surface area contributed by atoms with Gasteiger partial charge in [0.1, 0.15) is 5.82 Å². The fourth-order valence-electron chi connectivity index (χ4n) is 6.41. The van der Waals surface area contributed by atoms with Crippen molar-refractivity contribution in [1.82, 2.24) is 21.5 Å². The zero-order valence-electron chi connectivity index (χ0n) is 20.0. The van der Waals surface area contributed by atoms with Gasteiger partial charge in [0.05, 0.1) is 0 Å². The molecule has 0 amide bonds. The first-order valence-electron chi connectivity index (χ1n) is 13.1. The maximum absolute atomic E-state index is 15.1. The Labute approximate surface area is 197 Å². The quantitative estimate of drug-likeness (QED) is 0.532. The summed E-state index contributed by atoms with van der Waals surface area (Å²) in [6.45, 7) is 6.19. The number of nitrogens with one attached hydrogen (secondary N) is 4. The van der Waals surface area contributed by atoms with Gasteiger partial charge in [-0.15, -0.1) is 0 Å². The summed E-state index contributed by atoms with van der Waals surface area (Å²) < 4.78 is 15.1. The lowest BCUT2D eigenvalue weighted by atomic mass is 9.68. The number of aryl methyl sites for hydroxylation is 2. The smallest absolute Gasteiger partial charge is 0.131 e. The van der Waals surface area contributed by atoms with Crippen LogP contribution in [0, 0.1) is 11.7 Å². The van der Waals surface area contributed by atoms with E-state index in [0.29, 0.717) is 17.9 Å². The van der Waals surface area contributed by atoms with Crippen LogP contribution >= 0.6 is 0 Å². The number of rotatable bonds is 2. The number of hydrogen-bond acceptors (Lipinski definition) is 4. The maximum atomic E-state index is 15.1. The van der Waals surface area contributed by atoms with Gasteiger partial charge < -0.3 is 10.6 Å². The van der Waals surface area contributed by atoms with Crippen molar-refractivity contribution in [1.29, 1.82) is 0 Å². The van der Waals surface area contributed by atoms with Crippen LogP contribution in [0.4, 0.5) is 4.39 Å².